The van der Waals surface area contributed by atoms with Crippen molar-refractivity contribution in [3.63, 3.8) is 0 Å². The second kappa shape index (κ2) is 5.20. The van der Waals surface area contributed by atoms with Crippen LogP contribution in [0.5, 0.6) is 0 Å². The van der Waals surface area contributed by atoms with Crippen molar-refractivity contribution in [2.75, 3.05) is 0 Å². The average molecular weight is 243 g/mol. The number of benzene rings is 2. The number of rotatable bonds is 2. The Morgan fingerprint density at radius 3 is 1.88 bits per heavy atom. The summed E-state index contributed by atoms with van der Waals surface area (Å²) in [6, 6.07) is 14.4. The van der Waals surface area contributed by atoms with E-state index < -0.39 is 0 Å². The van der Waals surface area contributed by atoms with Gasteiger partial charge >= 0.3 is 0 Å². The SMILES string of the molecule is Cc1cc(C)cc(/C=C/c2ccc(Cl)cc2)c1. The molecule has 2 rings (SSSR count). The Balaban J connectivity index is 2.22. The van der Waals surface area contributed by atoms with Crippen molar-refractivity contribution >= 4 is 23.8 Å². The Morgan fingerprint density at radius 2 is 1.29 bits per heavy atom. The van der Waals surface area contributed by atoms with Crippen LogP contribution in [0.1, 0.15) is 22.3 Å². The van der Waals surface area contributed by atoms with E-state index >= 15 is 0 Å². The number of halogens is 1. The van der Waals surface area contributed by atoms with E-state index in [0.717, 1.165) is 10.6 Å². The van der Waals surface area contributed by atoms with Gasteiger partial charge in [-0.15, -0.1) is 0 Å². The molecular formula is C16H15Cl. The number of hydrogen-bond donors (Lipinski definition) is 0. The molecule has 2 aromatic rings. The first-order valence-corrected chi connectivity index (χ1v) is 6.03. The van der Waals surface area contributed by atoms with E-state index in [1.807, 2.05) is 24.3 Å². The number of aryl methyl sites for hydroxylation is 2. The Bertz CT molecular complexity index is 516. The molecule has 0 heterocycles. The standard InChI is InChI=1S/C16H15Cl/c1-12-9-13(2)11-15(10-12)4-3-14-5-7-16(17)8-6-14/h3-11H,1-2H3/b4-3+. The van der Waals surface area contributed by atoms with Crippen LogP contribution in [0.15, 0.2) is 42.5 Å². The van der Waals surface area contributed by atoms with E-state index in [0.29, 0.717) is 0 Å². The molecule has 0 atom stereocenters. The monoisotopic (exact) mass is 242 g/mol. The van der Waals surface area contributed by atoms with Crippen molar-refractivity contribution in [1.29, 1.82) is 0 Å². The first-order chi connectivity index (χ1) is 8.13. The van der Waals surface area contributed by atoms with Gasteiger partial charge in [0.1, 0.15) is 0 Å². The first kappa shape index (κ1) is 11.9. The van der Waals surface area contributed by atoms with Crippen molar-refractivity contribution in [3.05, 3.63) is 69.7 Å². The minimum atomic E-state index is 0.772. The minimum absolute atomic E-state index is 0.772. The second-order valence-electron chi connectivity index (χ2n) is 4.31. The fraction of sp³-hybridized carbons (Fsp3) is 0.125. The highest BCUT2D eigenvalue weighted by molar-refractivity contribution is 6.30. The summed E-state index contributed by atoms with van der Waals surface area (Å²) in [4.78, 5) is 0. The maximum atomic E-state index is 5.85. The Hall–Kier alpha value is -1.53. The quantitative estimate of drug-likeness (QED) is 0.641. The topological polar surface area (TPSA) is 0 Å². The zero-order valence-electron chi connectivity index (χ0n) is 10.1. The molecular weight excluding hydrogens is 228 g/mol. The van der Waals surface area contributed by atoms with E-state index in [9.17, 15) is 0 Å². The molecule has 1 heteroatoms. The van der Waals surface area contributed by atoms with Crippen molar-refractivity contribution in [1.82, 2.24) is 0 Å². The predicted octanol–water partition coefficient (Wildman–Crippen LogP) is 5.13. The Morgan fingerprint density at radius 1 is 0.765 bits per heavy atom. The molecule has 0 saturated heterocycles. The van der Waals surface area contributed by atoms with Crippen LogP contribution >= 0.6 is 11.6 Å². The summed E-state index contributed by atoms with van der Waals surface area (Å²) in [5.41, 5.74) is 4.98. The third kappa shape index (κ3) is 3.47. The lowest BCUT2D eigenvalue weighted by molar-refractivity contribution is 1.37. The molecule has 0 bridgehead atoms. The van der Waals surface area contributed by atoms with Crippen molar-refractivity contribution in [2.45, 2.75) is 13.8 Å². The molecule has 0 unspecified atom stereocenters. The summed E-state index contributed by atoms with van der Waals surface area (Å²) in [6.45, 7) is 4.24. The van der Waals surface area contributed by atoms with E-state index in [1.165, 1.54) is 16.7 Å². The zero-order chi connectivity index (χ0) is 12.3. The van der Waals surface area contributed by atoms with Crippen LogP contribution in [-0.4, -0.2) is 0 Å². The van der Waals surface area contributed by atoms with Crippen LogP contribution in [-0.2, 0) is 0 Å². The molecule has 2 aromatic carbocycles. The van der Waals surface area contributed by atoms with Gasteiger partial charge < -0.3 is 0 Å². The van der Waals surface area contributed by atoms with E-state index in [1.54, 1.807) is 0 Å². The molecule has 0 aliphatic heterocycles. The van der Waals surface area contributed by atoms with Crippen LogP contribution in [0, 0.1) is 13.8 Å². The lowest BCUT2D eigenvalue weighted by atomic mass is 10.1. The molecule has 0 fully saturated rings. The van der Waals surface area contributed by atoms with Crippen LogP contribution in [0.3, 0.4) is 0 Å². The summed E-state index contributed by atoms with van der Waals surface area (Å²) in [5, 5.41) is 0.772. The molecule has 0 aromatic heterocycles. The van der Waals surface area contributed by atoms with Gasteiger partial charge in [-0.2, -0.15) is 0 Å². The van der Waals surface area contributed by atoms with Gasteiger partial charge in [0.15, 0.2) is 0 Å². The van der Waals surface area contributed by atoms with Crippen LogP contribution in [0.4, 0.5) is 0 Å². The first-order valence-electron chi connectivity index (χ1n) is 5.65. The molecule has 0 radical (unpaired) electrons. The fourth-order valence-corrected chi connectivity index (χ4v) is 2.00. The van der Waals surface area contributed by atoms with Gasteiger partial charge in [-0.05, 0) is 37.1 Å². The zero-order valence-corrected chi connectivity index (χ0v) is 10.8. The third-order valence-electron chi connectivity index (χ3n) is 2.58. The molecule has 0 spiro atoms. The third-order valence-corrected chi connectivity index (χ3v) is 2.83. The van der Waals surface area contributed by atoms with Crippen LogP contribution in [0.25, 0.3) is 12.2 Å². The largest absolute Gasteiger partial charge is 0.0843 e. The lowest BCUT2D eigenvalue weighted by Crippen LogP contribution is -1.80. The van der Waals surface area contributed by atoms with Crippen molar-refractivity contribution in [3.8, 4) is 0 Å². The Kier molecular flexibility index (Phi) is 3.65. The van der Waals surface area contributed by atoms with Gasteiger partial charge in [0, 0.05) is 5.02 Å². The van der Waals surface area contributed by atoms with Gasteiger partial charge in [-0.25, -0.2) is 0 Å². The predicted molar refractivity (Wildman–Crippen MR) is 76.3 cm³/mol. The molecule has 0 amide bonds. The second-order valence-corrected chi connectivity index (χ2v) is 4.74. The maximum Gasteiger partial charge on any atom is 0.0406 e. The summed E-state index contributed by atoms with van der Waals surface area (Å²) in [5.74, 6) is 0. The van der Waals surface area contributed by atoms with Crippen molar-refractivity contribution < 1.29 is 0 Å². The molecule has 0 N–H and O–H groups in total. The molecule has 86 valence electrons. The normalized spacial score (nSPS) is 11.0. The summed E-state index contributed by atoms with van der Waals surface area (Å²) < 4.78 is 0. The summed E-state index contributed by atoms with van der Waals surface area (Å²) >= 11 is 5.85. The molecule has 0 saturated carbocycles. The van der Waals surface area contributed by atoms with Gasteiger partial charge in [0.2, 0.25) is 0 Å². The highest BCUT2D eigenvalue weighted by Gasteiger charge is 1.92. The molecule has 0 aliphatic carbocycles. The molecule has 0 aliphatic rings. The van der Waals surface area contributed by atoms with Crippen LogP contribution < -0.4 is 0 Å². The van der Waals surface area contributed by atoms with Crippen molar-refractivity contribution in [2.24, 2.45) is 0 Å². The fourth-order valence-electron chi connectivity index (χ4n) is 1.87. The van der Waals surface area contributed by atoms with Gasteiger partial charge in [0.05, 0.1) is 0 Å². The number of hydrogen-bond acceptors (Lipinski definition) is 0. The highest BCUT2D eigenvalue weighted by atomic mass is 35.5. The van der Waals surface area contributed by atoms with Gasteiger partial charge in [-0.1, -0.05) is 65.2 Å². The van der Waals surface area contributed by atoms with E-state index in [2.05, 4.69) is 44.2 Å². The minimum Gasteiger partial charge on any atom is -0.0843 e. The Labute approximate surface area is 108 Å². The average Bonchev–Trinajstić information content (AvgIpc) is 2.27. The molecule has 17 heavy (non-hydrogen) atoms. The highest BCUT2D eigenvalue weighted by Crippen LogP contribution is 2.14. The summed E-state index contributed by atoms with van der Waals surface area (Å²) in [7, 11) is 0. The van der Waals surface area contributed by atoms with E-state index in [4.69, 9.17) is 11.6 Å². The molecule has 0 nitrogen and oxygen atoms in total. The summed E-state index contributed by atoms with van der Waals surface area (Å²) in [6.07, 6.45) is 4.23. The smallest absolute Gasteiger partial charge is 0.0406 e. The maximum absolute atomic E-state index is 5.85. The van der Waals surface area contributed by atoms with Gasteiger partial charge in [-0.3, -0.25) is 0 Å². The van der Waals surface area contributed by atoms with Gasteiger partial charge in [0.25, 0.3) is 0 Å². The van der Waals surface area contributed by atoms with E-state index in [-0.39, 0.29) is 0 Å². The van der Waals surface area contributed by atoms with Crippen LogP contribution in [0.2, 0.25) is 5.02 Å². The lowest BCUT2D eigenvalue weighted by Gasteiger charge is -2.00.